The third kappa shape index (κ3) is 2.34. The number of hydrogen-bond donors (Lipinski definition) is 1. The Balaban J connectivity index is 2.72. The monoisotopic (exact) mass is 199 g/mol. The SMILES string of the molecule is COC(=O)c1ccc(C(C)CON)o1. The van der Waals surface area contributed by atoms with Crippen LogP contribution in [0.5, 0.6) is 0 Å². The molecule has 0 radical (unpaired) electrons. The summed E-state index contributed by atoms with van der Waals surface area (Å²) in [6, 6.07) is 3.27. The number of ether oxygens (including phenoxy) is 1. The van der Waals surface area contributed by atoms with E-state index in [-0.39, 0.29) is 11.7 Å². The topological polar surface area (TPSA) is 74.7 Å². The summed E-state index contributed by atoms with van der Waals surface area (Å²) < 4.78 is 9.74. The Morgan fingerprint density at radius 3 is 2.93 bits per heavy atom. The second-order valence-corrected chi connectivity index (χ2v) is 2.93. The van der Waals surface area contributed by atoms with Gasteiger partial charge >= 0.3 is 5.97 Å². The highest BCUT2D eigenvalue weighted by molar-refractivity contribution is 5.86. The molecule has 78 valence electrons. The van der Waals surface area contributed by atoms with Gasteiger partial charge in [-0.3, -0.25) is 0 Å². The molecular formula is C9H13NO4. The molecule has 0 fully saturated rings. The number of hydrogen-bond acceptors (Lipinski definition) is 5. The molecule has 0 bridgehead atoms. The summed E-state index contributed by atoms with van der Waals surface area (Å²) in [5, 5.41) is 0. The van der Waals surface area contributed by atoms with E-state index in [9.17, 15) is 4.79 Å². The number of nitrogens with two attached hydrogens (primary N) is 1. The lowest BCUT2D eigenvalue weighted by Crippen LogP contribution is -2.07. The highest BCUT2D eigenvalue weighted by Gasteiger charge is 2.15. The van der Waals surface area contributed by atoms with Crippen molar-refractivity contribution in [1.29, 1.82) is 0 Å². The molecule has 1 aromatic heterocycles. The Hall–Kier alpha value is -1.33. The fourth-order valence-corrected chi connectivity index (χ4v) is 1.05. The van der Waals surface area contributed by atoms with Gasteiger partial charge in [-0.1, -0.05) is 6.92 Å². The van der Waals surface area contributed by atoms with Gasteiger partial charge in [0.05, 0.1) is 13.7 Å². The molecule has 0 saturated heterocycles. The van der Waals surface area contributed by atoms with Crippen molar-refractivity contribution in [2.75, 3.05) is 13.7 Å². The summed E-state index contributed by atoms with van der Waals surface area (Å²) in [5.41, 5.74) is 0. The molecule has 0 amide bonds. The highest BCUT2D eigenvalue weighted by Crippen LogP contribution is 2.18. The minimum atomic E-state index is -0.489. The molecule has 5 heteroatoms. The van der Waals surface area contributed by atoms with Gasteiger partial charge in [-0.2, -0.15) is 0 Å². The molecule has 0 aliphatic heterocycles. The first-order valence-electron chi connectivity index (χ1n) is 4.18. The van der Waals surface area contributed by atoms with Crippen LogP contribution in [0.15, 0.2) is 16.5 Å². The largest absolute Gasteiger partial charge is 0.463 e. The first-order chi connectivity index (χ1) is 6.69. The van der Waals surface area contributed by atoms with Crippen molar-refractivity contribution in [3.63, 3.8) is 0 Å². The summed E-state index contributed by atoms with van der Waals surface area (Å²) in [4.78, 5) is 15.5. The van der Waals surface area contributed by atoms with Crippen LogP contribution in [0.4, 0.5) is 0 Å². The van der Waals surface area contributed by atoms with Crippen molar-refractivity contribution < 1.29 is 18.8 Å². The second-order valence-electron chi connectivity index (χ2n) is 2.93. The maximum Gasteiger partial charge on any atom is 0.373 e. The predicted molar refractivity (Wildman–Crippen MR) is 48.6 cm³/mol. The predicted octanol–water partition coefficient (Wildman–Crippen LogP) is 1.06. The summed E-state index contributed by atoms with van der Waals surface area (Å²) in [6.45, 7) is 2.22. The minimum absolute atomic E-state index is 0.0124. The molecule has 5 nitrogen and oxygen atoms in total. The van der Waals surface area contributed by atoms with Crippen molar-refractivity contribution >= 4 is 5.97 Å². The fraction of sp³-hybridized carbons (Fsp3) is 0.444. The van der Waals surface area contributed by atoms with Crippen LogP contribution in [-0.4, -0.2) is 19.7 Å². The van der Waals surface area contributed by atoms with Crippen LogP contribution in [0.2, 0.25) is 0 Å². The minimum Gasteiger partial charge on any atom is -0.463 e. The van der Waals surface area contributed by atoms with E-state index in [4.69, 9.17) is 10.3 Å². The second kappa shape index (κ2) is 4.78. The molecule has 0 aliphatic carbocycles. The lowest BCUT2D eigenvalue weighted by Gasteiger charge is -2.04. The molecule has 2 N–H and O–H groups in total. The van der Waals surface area contributed by atoms with Gasteiger partial charge in [0.15, 0.2) is 0 Å². The molecule has 0 spiro atoms. The Labute approximate surface area is 81.7 Å². The van der Waals surface area contributed by atoms with Crippen LogP contribution in [0.3, 0.4) is 0 Å². The van der Waals surface area contributed by atoms with Gasteiger partial charge in [0.25, 0.3) is 0 Å². The van der Waals surface area contributed by atoms with Gasteiger partial charge in [0.1, 0.15) is 5.76 Å². The zero-order chi connectivity index (χ0) is 10.6. The summed E-state index contributed by atoms with van der Waals surface area (Å²) in [5.74, 6) is 5.29. The third-order valence-corrected chi connectivity index (χ3v) is 1.85. The Morgan fingerprint density at radius 1 is 1.64 bits per heavy atom. The number of carbonyl (C=O) groups is 1. The van der Waals surface area contributed by atoms with Gasteiger partial charge in [-0.25, -0.2) is 10.7 Å². The maximum atomic E-state index is 11.0. The van der Waals surface area contributed by atoms with Gasteiger partial charge in [-0.05, 0) is 12.1 Å². The van der Waals surface area contributed by atoms with E-state index in [1.807, 2.05) is 6.92 Å². The number of rotatable bonds is 4. The van der Waals surface area contributed by atoms with Crippen molar-refractivity contribution in [2.24, 2.45) is 5.90 Å². The zero-order valence-electron chi connectivity index (χ0n) is 8.15. The Morgan fingerprint density at radius 2 is 2.36 bits per heavy atom. The summed E-state index contributed by atoms with van der Waals surface area (Å²) >= 11 is 0. The molecular weight excluding hydrogens is 186 g/mol. The van der Waals surface area contributed by atoms with E-state index >= 15 is 0 Å². The van der Waals surface area contributed by atoms with E-state index < -0.39 is 5.97 Å². The van der Waals surface area contributed by atoms with Crippen molar-refractivity contribution in [1.82, 2.24) is 0 Å². The van der Waals surface area contributed by atoms with Gasteiger partial charge in [0.2, 0.25) is 5.76 Å². The highest BCUT2D eigenvalue weighted by atomic mass is 16.6. The maximum absolute atomic E-state index is 11.0. The molecule has 1 aromatic rings. The molecule has 1 heterocycles. The molecule has 0 aliphatic rings. The molecule has 0 aromatic carbocycles. The number of esters is 1. The lowest BCUT2D eigenvalue weighted by atomic mass is 10.1. The quantitative estimate of drug-likeness (QED) is 0.579. The first-order valence-corrected chi connectivity index (χ1v) is 4.18. The van der Waals surface area contributed by atoms with Crippen LogP contribution in [0, 0.1) is 0 Å². The summed E-state index contributed by atoms with van der Waals surface area (Å²) in [7, 11) is 1.30. The molecule has 1 atom stereocenters. The van der Waals surface area contributed by atoms with Crippen LogP contribution < -0.4 is 5.90 Å². The van der Waals surface area contributed by atoms with E-state index in [0.29, 0.717) is 12.4 Å². The fourth-order valence-electron chi connectivity index (χ4n) is 1.05. The standard InChI is InChI=1S/C9H13NO4/c1-6(5-13-10)7-3-4-8(14-7)9(11)12-2/h3-4,6H,5,10H2,1-2H3. The number of carbonyl (C=O) groups excluding carboxylic acids is 1. The van der Waals surface area contributed by atoms with Crippen LogP contribution in [0.1, 0.15) is 29.2 Å². The summed E-state index contributed by atoms with van der Waals surface area (Å²) in [6.07, 6.45) is 0. The lowest BCUT2D eigenvalue weighted by molar-refractivity contribution is 0.0559. The normalized spacial score (nSPS) is 12.5. The number of methoxy groups -OCH3 is 1. The molecule has 14 heavy (non-hydrogen) atoms. The van der Waals surface area contributed by atoms with Gasteiger partial charge < -0.3 is 14.0 Å². The van der Waals surface area contributed by atoms with E-state index in [1.54, 1.807) is 12.1 Å². The van der Waals surface area contributed by atoms with Gasteiger partial charge in [-0.15, -0.1) is 0 Å². The molecule has 0 saturated carbocycles. The number of furan rings is 1. The Bertz CT molecular complexity index is 308. The van der Waals surface area contributed by atoms with Crippen molar-refractivity contribution in [3.05, 3.63) is 23.7 Å². The molecule has 1 rings (SSSR count). The van der Waals surface area contributed by atoms with Crippen molar-refractivity contribution in [2.45, 2.75) is 12.8 Å². The van der Waals surface area contributed by atoms with Crippen LogP contribution >= 0.6 is 0 Å². The average molecular weight is 199 g/mol. The van der Waals surface area contributed by atoms with E-state index in [2.05, 4.69) is 9.57 Å². The van der Waals surface area contributed by atoms with E-state index in [1.165, 1.54) is 7.11 Å². The van der Waals surface area contributed by atoms with Crippen LogP contribution in [-0.2, 0) is 9.57 Å². The zero-order valence-corrected chi connectivity index (χ0v) is 8.15. The van der Waals surface area contributed by atoms with Crippen LogP contribution in [0.25, 0.3) is 0 Å². The van der Waals surface area contributed by atoms with Crippen molar-refractivity contribution in [3.8, 4) is 0 Å². The third-order valence-electron chi connectivity index (χ3n) is 1.85. The smallest absolute Gasteiger partial charge is 0.373 e. The molecule has 1 unspecified atom stereocenters. The first kappa shape index (κ1) is 10.7. The van der Waals surface area contributed by atoms with Gasteiger partial charge in [0, 0.05) is 5.92 Å². The average Bonchev–Trinajstić information content (AvgIpc) is 2.66. The Kier molecular flexibility index (Phi) is 3.67. The van der Waals surface area contributed by atoms with E-state index in [0.717, 1.165) is 0 Å².